The number of pyridine rings is 1. The number of hydrogen-bond acceptors (Lipinski definition) is 3. The van der Waals surface area contributed by atoms with Crippen molar-refractivity contribution >= 4 is 5.91 Å². The van der Waals surface area contributed by atoms with Crippen molar-refractivity contribution in [3.05, 3.63) is 29.6 Å². The maximum atomic E-state index is 12.0. The van der Waals surface area contributed by atoms with E-state index in [0.717, 1.165) is 0 Å². The molecule has 1 N–H and O–H groups in total. The Balaban J connectivity index is 2.74. The van der Waals surface area contributed by atoms with Gasteiger partial charge in [0, 0.05) is 18.9 Å². The van der Waals surface area contributed by atoms with Crippen molar-refractivity contribution in [2.24, 2.45) is 10.8 Å². The molecule has 102 valence electrons. The molecule has 0 radical (unpaired) electrons. The van der Waals surface area contributed by atoms with Crippen LogP contribution in [0.5, 0.6) is 0 Å². The van der Waals surface area contributed by atoms with Crippen molar-refractivity contribution in [1.82, 2.24) is 10.3 Å². The van der Waals surface area contributed by atoms with Gasteiger partial charge in [0.1, 0.15) is 6.07 Å². The van der Waals surface area contributed by atoms with Gasteiger partial charge in [0.2, 0.25) is 0 Å². The molecule has 0 saturated carbocycles. The first-order chi connectivity index (χ1) is 8.67. The lowest BCUT2D eigenvalue weighted by Gasteiger charge is -2.38. The third kappa shape index (κ3) is 3.78. The summed E-state index contributed by atoms with van der Waals surface area (Å²) in [5, 5.41) is 11.7. The maximum absolute atomic E-state index is 12.0. The van der Waals surface area contributed by atoms with E-state index in [9.17, 15) is 4.79 Å². The predicted octanol–water partition coefficient (Wildman–Crippen LogP) is 2.76. The van der Waals surface area contributed by atoms with Crippen LogP contribution in [0.1, 0.15) is 50.5 Å². The average molecular weight is 259 g/mol. The molecule has 1 rings (SSSR count). The summed E-state index contributed by atoms with van der Waals surface area (Å²) in [4.78, 5) is 15.9. The Kier molecular flexibility index (Phi) is 4.31. The summed E-state index contributed by atoms with van der Waals surface area (Å²) in [6.07, 6.45) is 2.91. The van der Waals surface area contributed by atoms with E-state index in [1.165, 1.54) is 12.4 Å². The summed E-state index contributed by atoms with van der Waals surface area (Å²) in [7, 11) is 0. The van der Waals surface area contributed by atoms with Crippen molar-refractivity contribution in [1.29, 1.82) is 5.26 Å². The Morgan fingerprint density at radius 1 is 1.32 bits per heavy atom. The molecule has 1 aromatic rings. The second kappa shape index (κ2) is 5.40. The van der Waals surface area contributed by atoms with E-state index in [0.29, 0.717) is 17.7 Å². The van der Waals surface area contributed by atoms with Gasteiger partial charge < -0.3 is 5.32 Å². The molecule has 4 heteroatoms. The van der Waals surface area contributed by atoms with Gasteiger partial charge in [-0.15, -0.1) is 0 Å². The van der Waals surface area contributed by atoms with Crippen molar-refractivity contribution in [3.63, 3.8) is 0 Å². The monoisotopic (exact) mass is 259 g/mol. The highest BCUT2D eigenvalue weighted by Crippen LogP contribution is 2.36. The topological polar surface area (TPSA) is 65.8 Å². The van der Waals surface area contributed by atoms with Crippen LogP contribution in [-0.4, -0.2) is 17.4 Å². The summed E-state index contributed by atoms with van der Waals surface area (Å²) in [5.41, 5.74) is 0.877. The molecule has 4 nitrogen and oxygen atoms in total. The Bertz CT molecular complexity index is 507. The van der Waals surface area contributed by atoms with Gasteiger partial charge >= 0.3 is 0 Å². The van der Waals surface area contributed by atoms with Gasteiger partial charge in [-0.2, -0.15) is 5.26 Å². The molecule has 1 aromatic heterocycles. The van der Waals surface area contributed by atoms with Crippen molar-refractivity contribution in [3.8, 4) is 6.07 Å². The zero-order valence-corrected chi connectivity index (χ0v) is 12.2. The molecular formula is C15H21N3O. The zero-order valence-electron chi connectivity index (χ0n) is 12.2. The molecule has 0 saturated heterocycles. The van der Waals surface area contributed by atoms with Crippen LogP contribution in [0.25, 0.3) is 0 Å². The van der Waals surface area contributed by atoms with Gasteiger partial charge in [-0.25, -0.2) is 0 Å². The van der Waals surface area contributed by atoms with Crippen molar-refractivity contribution in [2.45, 2.75) is 34.6 Å². The highest BCUT2D eigenvalue weighted by molar-refractivity contribution is 5.94. The first-order valence-corrected chi connectivity index (χ1v) is 6.31. The minimum Gasteiger partial charge on any atom is -0.351 e. The molecule has 19 heavy (non-hydrogen) atoms. The molecule has 0 aliphatic rings. The van der Waals surface area contributed by atoms with Gasteiger partial charge in [-0.05, 0) is 16.9 Å². The number of nitrogens with one attached hydrogen (secondary N) is 1. The third-order valence-electron chi connectivity index (χ3n) is 3.85. The van der Waals surface area contributed by atoms with E-state index in [-0.39, 0.29) is 16.7 Å². The number of nitriles is 1. The second-order valence-electron chi connectivity index (χ2n) is 6.39. The quantitative estimate of drug-likeness (QED) is 0.907. The number of amides is 1. The largest absolute Gasteiger partial charge is 0.351 e. The number of carbonyl (C=O) groups excluding carboxylic acids is 1. The molecule has 0 fully saturated rings. The Hall–Kier alpha value is -1.89. The molecule has 0 aliphatic carbocycles. The van der Waals surface area contributed by atoms with Crippen molar-refractivity contribution < 1.29 is 4.79 Å². The minimum atomic E-state index is -0.193. The fourth-order valence-corrected chi connectivity index (χ4v) is 1.29. The molecule has 0 unspecified atom stereocenters. The van der Waals surface area contributed by atoms with Gasteiger partial charge in [0.05, 0.1) is 11.1 Å². The number of aromatic nitrogens is 1. The molecule has 0 spiro atoms. The molecule has 0 atom stereocenters. The van der Waals surface area contributed by atoms with Gasteiger partial charge in [0.25, 0.3) is 5.91 Å². The standard InChI is InChI=1S/C15H21N3O/c1-14(2,3)15(4,5)10-18-13(19)12-6-11(7-16)8-17-9-12/h6,8-9H,10H2,1-5H3,(H,18,19). The van der Waals surface area contributed by atoms with Crippen LogP contribution in [-0.2, 0) is 0 Å². The highest BCUT2D eigenvalue weighted by Gasteiger charge is 2.32. The molecule has 1 heterocycles. The van der Waals surface area contributed by atoms with Crippen LogP contribution in [0.15, 0.2) is 18.5 Å². The second-order valence-corrected chi connectivity index (χ2v) is 6.39. The fraction of sp³-hybridized carbons (Fsp3) is 0.533. The number of hydrogen-bond donors (Lipinski definition) is 1. The normalized spacial score (nSPS) is 11.8. The first kappa shape index (κ1) is 15.2. The van der Waals surface area contributed by atoms with Crippen molar-refractivity contribution in [2.75, 3.05) is 6.54 Å². The van der Waals surface area contributed by atoms with Crippen LogP contribution >= 0.6 is 0 Å². The summed E-state index contributed by atoms with van der Waals surface area (Å²) in [6.45, 7) is 11.3. The van der Waals surface area contributed by atoms with Gasteiger partial charge in [0.15, 0.2) is 0 Å². The van der Waals surface area contributed by atoms with Gasteiger partial charge in [-0.1, -0.05) is 34.6 Å². The van der Waals surface area contributed by atoms with Gasteiger partial charge in [-0.3, -0.25) is 9.78 Å². The van der Waals surface area contributed by atoms with E-state index < -0.39 is 0 Å². The van der Waals surface area contributed by atoms with E-state index >= 15 is 0 Å². The first-order valence-electron chi connectivity index (χ1n) is 6.31. The highest BCUT2D eigenvalue weighted by atomic mass is 16.1. The SMILES string of the molecule is CC(C)(C)C(C)(C)CNC(=O)c1cncc(C#N)c1. The van der Waals surface area contributed by atoms with E-state index in [2.05, 4.69) is 44.9 Å². The fourth-order valence-electron chi connectivity index (χ4n) is 1.29. The number of rotatable bonds is 3. The molecule has 0 aromatic carbocycles. The predicted molar refractivity (Wildman–Crippen MR) is 74.5 cm³/mol. The lowest BCUT2D eigenvalue weighted by Crippen LogP contribution is -2.41. The van der Waals surface area contributed by atoms with E-state index in [1.807, 2.05) is 6.07 Å². The molecular weight excluding hydrogens is 238 g/mol. The lowest BCUT2D eigenvalue weighted by atomic mass is 9.69. The van der Waals surface area contributed by atoms with Crippen LogP contribution in [0.4, 0.5) is 0 Å². The Labute approximate surface area is 114 Å². The van der Waals surface area contributed by atoms with Crippen LogP contribution in [0.2, 0.25) is 0 Å². The lowest BCUT2D eigenvalue weighted by molar-refractivity contribution is 0.0867. The number of carbonyl (C=O) groups is 1. The van der Waals surface area contributed by atoms with Crippen LogP contribution in [0.3, 0.4) is 0 Å². The third-order valence-corrected chi connectivity index (χ3v) is 3.85. The van der Waals surface area contributed by atoms with E-state index in [1.54, 1.807) is 6.07 Å². The Morgan fingerprint density at radius 2 is 1.95 bits per heavy atom. The summed E-state index contributed by atoms with van der Waals surface area (Å²) in [5.74, 6) is -0.193. The van der Waals surface area contributed by atoms with E-state index in [4.69, 9.17) is 5.26 Å². The Morgan fingerprint density at radius 3 is 2.47 bits per heavy atom. The minimum absolute atomic E-state index is 0.0249. The summed E-state index contributed by atoms with van der Waals surface area (Å²) >= 11 is 0. The van der Waals surface area contributed by atoms with Crippen LogP contribution < -0.4 is 5.32 Å². The van der Waals surface area contributed by atoms with Crippen LogP contribution in [0, 0.1) is 22.2 Å². The maximum Gasteiger partial charge on any atom is 0.252 e. The summed E-state index contributed by atoms with van der Waals surface area (Å²) in [6, 6.07) is 3.52. The number of nitrogens with zero attached hydrogens (tertiary/aromatic N) is 2. The zero-order chi connectivity index (χ0) is 14.7. The average Bonchev–Trinajstić information content (AvgIpc) is 2.34. The smallest absolute Gasteiger partial charge is 0.252 e. The molecule has 0 aliphatic heterocycles. The molecule has 1 amide bonds. The molecule has 0 bridgehead atoms. The summed E-state index contributed by atoms with van der Waals surface area (Å²) < 4.78 is 0.